The Morgan fingerprint density at radius 2 is 1.90 bits per heavy atom. The van der Waals surface area contributed by atoms with Crippen molar-refractivity contribution in [1.82, 2.24) is 0 Å². The van der Waals surface area contributed by atoms with Gasteiger partial charge in [-0.2, -0.15) is 0 Å². The van der Waals surface area contributed by atoms with Crippen molar-refractivity contribution >= 4 is 23.0 Å². The van der Waals surface area contributed by atoms with Gasteiger partial charge < -0.3 is 15.5 Å². The van der Waals surface area contributed by atoms with E-state index in [1.54, 1.807) is 0 Å². The van der Waals surface area contributed by atoms with E-state index in [0.717, 1.165) is 6.07 Å². The molecule has 0 radical (unpaired) electrons. The molecule has 108 valence electrons. The molecule has 10 heteroatoms. The maximum absolute atomic E-state index is 11.1. The molecule has 0 saturated heterocycles. The van der Waals surface area contributed by atoms with Crippen LogP contribution < -0.4 is 5.32 Å². The van der Waals surface area contributed by atoms with Crippen molar-refractivity contribution < 1.29 is 24.9 Å². The van der Waals surface area contributed by atoms with E-state index in [4.69, 9.17) is 10.2 Å². The van der Waals surface area contributed by atoms with Gasteiger partial charge in [0.15, 0.2) is 0 Å². The molecule has 0 spiro atoms. The molecule has 3 N–H and O–H groups in total. The summed E-state index contributed by atoms with van der Waals surface area (Å²) < 4.78 is 0. The largest absolute Gasteiger partial charge is 0.478 e. The van der Waals surface area contributed by atoms with Crippen molar-refractivity contribution in [1.29, 1.82) is 0 Å². The summed E-state index contributed by atoms with van der Waals surface area (Å²) in [6.45, 7) is -0.0917. The van der Waals surface area contributed by atoms with Crippen LogP contribution in [0, 0.1) is 20.2 Å². The van der Waals surface area contributed by atoms with Gasteiger partial charge in [-0.15, -0.1) is 0 Å². The Bertz CT molecular complexity index is 523. The second-order valence-electron chi connectivity index (χ2n) is 3.71. The third-order valence-corrected chi connectivity index (χ3v) is 2.38. The van der Waals surface area contributed by atoms with Crippen LogP contribution in [0.5, 0.6) is 0 Å². The van der Waals surface area contributed by atoms with Gasteiger partial charge in [-0.1, -0.05) is 0 Å². The van der Waals surface area contributed by atoms with Gasteiger partial charge in [-0.3, -0.25) is 20.2 Å². The number of aliphatic hydroxyl groups excluding tert-OH is 1. The van der Waals surface area contributed by atoms with Gasteiger partial charge in [0.25, 0.3) is 11.4 Å². The Morgan fingerprint density at radius 3 is 2.35 bits per heavy atom. The molecule has 20 heavy (non-hydrogen) atoms. The number of nitro benzene ring substituents is 2. The smallest absolute Gasteiger partial charge is 0.338 e. The van der Waals surface area contributed by atoms with Crippen LogP contribution in [0.3, 0.4) is 0 Å². The maximum Gasteiger partial charge on any atom is 0.338 e. The van der Waals surface area contributed by atoms with E-state index in [9.17, 15) is 25.0 Å². The van der Waals surface area contributed by atoms with E-state index >= 15 is 0 Å². The molecule has 0 amide bonds. The first-order valence-electron chi connectivity index (χ1n) is 5.43. The number of rotatable bonds is 7. The van der Waals surface area contributed by atoms with Crippen LogP contribution >= 0.6 is 0 Å². The van der Waals surface area contributed by atoms with Crippen LogP contribution in [0.4, 0.5) is 17.1 Å². The Morgan fingerprint density at radius 1 is 1.25 bits per heavy atom. The zero-order chi connectivity index (χ0) is 15.3. The average molecular weight is 285 g/mol. The number of hydrogen-bond donors (Lipinski definition) is 3. The van der Waals surface area contributed by atoms with Crippen LogP contribution in [-0.4, -0.2) is 39.2 Å². The highest BCUT2D eigenvalue weighted by molar-refractivity contribution is 5.98. The lowest BCUT2D eigenvalue weighted by Crippen LogP contribution is -2.11. The van der Waals surface area contributed by atoms with Crippen molar-refractivity contribution in [3.63, 3.8) is 0 Å². The molecular weight excluding hydrogens is 274 g/mol. The molecule has 1 rings (SSSR count). The lowest BCUT2D eigenvalue weighted by Gasteiger charge is -2.09. The molecule has 0 aliphatic rings. The van der Waals surface area contributed by atoms with Gasteiger partial charge >= 0.3 is 5.97 Å². The summed E-state index contributed by atoms with van der Waals surface area (Å²) in [6.07, 6.45) is 0.243. The summed E-state index contributed by atoms with van der Waals surface area (Å²) in [5.41, 5.74) is -2.26. The van der Waals surface area contributed by atoms with Gasteiger partial charge in [0.1, 0.15) is 5.69 Å². The second kappa shape index (κ2) is 6.43. The molecular formula is C10H11N3O7. The number of benzene rings is 1. The number of anilines is 1. The number of nitrogens with one attached hydrogen (secondary N) is 1. The van der Waals surface area contributed by atoms with Crippen LogP contribution in [0.15, 0.2) is 12.1 Å². The zero-order valence-electron chi connectivity index (χ0n) is 10.1. The van der Waals surface area contributed by atoms with Crippen LogP contribution in [0.25, 0.3) is 0 Å². The highest BCUT2D eigenvalue weighted by Crippen LogP contribution is 2.33. The fourth-order valence-corrected chi connectivity index (χ4v) is 1.51. The molecule has 0 bridgehead atoms. The fourth-order valence-electron chi connectivity index (χ4n) is 1.51. The number of carbonyl (C=O) groups is 1. The van der Waals surface area contributed by atoms with E-state index in [-0.39, 0.29) is 25.3 Å². The van der Waals surface area contributed by atoms with Gasteiger partial charge in [-0.25, -0.2) is 4.79 Å². The van der Waals surface area contributed by atoms with E-state index < -0.39 is 32.8 Å². The Labute approximate surface area is 111 Å². The van der Waals surface area contributed by atoms with Crippen LogP contribution in [0.1, 0.15) is 16.8 Å². The molecule has 0 aliphatic carbocycles. The maximum atomic E-state index is 11.1. The standard InChI is InChI=1S/C10H11N3O7/c14-3-1-2-11-9-7(10(15)16)4-6(12(17)18)5-8(9)13(19)20/h4-5,11,14H,1-3H2,(H,15,16). The summed E-state index contributed by atoms with van der Waals surface area (Å²) in [5.74, 6) is -1.52. The third kappa shape index (κ3) is 3.38. The number of carboxylic acids is 1. The van der Waals surface area contributed by atoms with Crippen LogP contribution in [-0.2, 0) is 0 Å². The van der Waals surface area contributed by atoms with Gasteiger partial charge in [0, 0.05) is 19.2 Å². The van der Waals surface area contributed by atoms with Crippen molar-refractivity contribution in [3.05, 3.63) is 37.9 Å². The molecule has 0 saturated carbocycles. The molecule has 0 aliphatic heterocycles. The first-order chi connectivity index (χ1) is 9.38. The second-order valence-corrected chi connectivity index (χ2v) is 3.71. The summed E-state index contributed by atoms with van der Waals surface area (Å²) in [7, 11) is 0. The predicted octanol–water partition coefficient (Wildman–Crippen LogP) is 0.995. The first kappa shape index (κ1) is 15.3. The van der Waals surface area contributed by atoms with Gasteiger partial charge in [0.2, 0.25) is 0 Å². The molecule has 0 aromatic heterocycles. The molecule has 1 aromatic carbocycles. The van der Waals surface area contributed by atoms with Crippen LogP contribution in [0.2, 0.25) is 0 Å². The highest BCUT2D eigenvalue weighted by atomic mass is 16.6. The SMILES string of the molecule is O=C(O)c1cc([N+](=O)[O-])cc([N+](=O)[O-])c1NCCCO. The van der Waals surface area contributed by atoms with Crippen molar-refractivity contribution in [2.45, 2.75) is 6.42 Å². The van der Waals surface area contributed by atoms with Crippen molar-refractivity contribution in [2.24, 2.45) is 0 Å². The number of non-ortho nitro benzene ring substituents is 1. The van der Waals surface area contributed by atoms with Crippen molar-refractivity contribution in [3.8, 4) is 0 Å². The lowest BCUT2D eigenvalue weighted by molar-refractivity contribution is -0.393. The Hall–Kier alpha value is -2.75. The summed E-state index contributed by atoms with van der Waals surface area (Å²) >= 11 is 0. The van der Waals surface area contributed by atoms with Crippen molar-refractivity contribution in [2.75, 3.05) is 18.5 Å². The van der Waals surface area contributed by atoms with Gasteiger partial charge in [0.05, 0.1) is 21.5 Å². The fraction of sp³-hybridized carbons (Fsp3) is 0.300. The number of aliphatic hydroxyl groups is 1. The number of hydrogen-bond acceptors (Lipinski definition) is 7. The number of aromatic carboxylic acids is 1. The molecule has 10 nitrogen and oxygen atoms in total. The van der Waals surface area contributed by atoms with E-state index in [0.29, 0.717) is 6.07 Å². The Balaban J connectivity index is 3.39. The summed E-state index contributed by atoms with van der Waals surface area (Å²) in [4.78, 5) is 30.8. The molecule has 0 atom stereocenters. The minimum absolute atomic E-state index is 0.0927. The Kier molecular flexibility index (Phi) is 4.92. The average Bonchev–Trinajstić information content (AvgIpc) is 2.37. The monoisotopic (exact) mass is 285 g/mol. The lowest BCUT2D eigenvalue weighted by atomic mass is 10.1. The number of nitro groups is 2. The van der Waals surface area contributed by atoms with Gasteiger partial charge in [-0.05, 0) is 6.42 Å². The van der Waals surface area contributed by atoms with E-state index in [2.05, 4.69) is 5.32 Å². The molecule has 0 fully saturated rings. The summed E-state index contributed by atoms with van der Waals surface area (Å²) in [5, 5.41) is 41.7. The normalized spacial score (nSPS) is 10.1. The quantitative estimate of drug-likeness (QED) is 0.380. The highest BCUT2D eigenvalue weighted by Gasteiger charge is 2.27. The molecule has 1 aromatic rings. The minimum Gasteiger partial charge on any atom is -0.478 e. The first-order valence-corrected chi connectivity index (χ1v) is 5.43. The predicted molar refractivity (Wildman–Crippen MR) is 66.9 cm³/mol. The molecule has 0 unspecified atom stereocenters. The molecule has 0 heterocycles. The summed E-state index contributed by atoms with van der Waals surface area (Å²) in [6, 6.07) is 1.43. The number of carboxylic acid groups (broad SMARTS) is 1. The van der Waals surface area contributed by atoms with E-state index in [1.165, 1.54) is 0 Å². The third-order valence-electron chi connectivity index (χ3n) is 2.38. The van der Waals surface area contributed by atoms with E-state index in [1.807, 2.05) is 0 Å². The minimum atomic E-state index is -1.52. The number of nitrogens with zero attached hydrogens (tertiary/aromatic N) is 2. The zero-order valence-corrected chi connectivity index (χ0v) is 10.1. The topological polar surface area (TPSA) is 156 Å².